The monoisotopic (exact) mass is 173 g/mol. The number of hydrogen-bond acceptors (Lipinski definition) is 2. The Bertz CT molecular complexity index is 243. The van der Waals surface area contributed by atoms with Gasteiger partial charge in [-0.2, -0.15) is 0 Å². The summed E-state index contributed by atoms with van der Waals surface area (Å²) in [6.45, 7) is 0. The zero-order valence-corrected chi connectivity index (χ0v) is 6.51. The summed E-state index contributed by atoms with van der Waals surface area (Å²) >= 11 is 5.70. The Hall–Kier alpha value is -0.800. The third-order valence-electron chi connectivity index (χ3n) is 1.41. The number of alkyl halides is 1. The third-order valence-corrected chi connectivity index (χ3v) is 1.67. The van der Waals surface area contributed by atoms with Crippen molar-refractivity contribution in [3.63, 3.8) is 0 Å². The number of aliphatic carboxylic acids is 1. The van der Waals surface area contributed by atoms with Crippen LogP contribution in [0.1, 0.15) is 6.42 Å². The average molecular weight is 174 g/mol. The van der Waals surface area contributed by atoms with Crippen molar-refractivity contribution in [1.82, 2.24) is 0 Å². The maximum Gasteiger partial charge on any atom is 0.331 e. The molecule has 3 nitrogen and oxygen atoms in total. The van der Waals surface area contributed by atoms with Crippen LogP contribution in [0.2, 0.25) is 0 Å². The van der Waals surface area contributed by atoms with Crippen LogP contribution in [0.15, 0.2) is 23.8 Å². The van der Waals surface area contributed by atoms with Crippen LogP contribution in [0.3, 0.4) is 0 Å². The summed E-state index contributed by atoms with van der Waals surface area (Å²) in [6.07, 6.45) is 4.79. The average Bonchev–Trinajstić information content (AvgIpc) is 1.85. The van der Waals surface area contributed by atoms with Crippen LogP contribution in [0, 0.1) is 0 Å². The van der Waals surface area contributed by atoms with Crippen LogP contribution in [0.25, 0.3) is 0 Å². The molecule has 0 saturated carbocycles. The molecule has 1 unspecified atom stereocenters. The smallest absolute Gasteiger partial charge is 0.331 e. The van der Waals surface area contributed by atoms with Crippen molar-refractivity contribution in [3.8, 4) is 0 Å². The van der Waals surface area contributed by atoms with Crippen LogP contribution >= 0.6 is 11.6 Å². The molecule has 0 saturated heterocycles. The van der Waals surface area contributed by atoms with Gasteiger partial charge in [0.15, 0.2) is 0 Å². The summed E-state index contributed by atoms with van der Waals surface area (Å²) in [4.78, 5) is 9.40. The highest BCUT2D eigenvalue weighted by molar-refractivity contribution is 6.25. The molecule has 0 spiro atoms. The molecule has 0 bridgehead atoms. The van der Waals surface area contributed by atoms with E-state index in [1.54, 1.807) is 12.2 Å². The highest BCUT2D eigenvalue weighted by atomic mass is 35.5. The lowest BCUT2D eigenvalue weighted by Crippen LogP contribution is -2.33. The van der Waals surface area contributed by atoms with Crippen LogP contribution in [-0.2, 0) is 4.79 Å². The first-order chi connectivity index (χ1) is 5.01. The zero-order valence-electron chi connectivity index (χ0n) is 5.75. The van der Waals surface area contributed by atoms with Gasteiger partial charge < -0.3 is 10.8 Å². The van der Waals surface area contributed by atoms with Gasteiger partial charge in [-0.05, 0) is 6.08 Å². The molecular weight excluding hydrogens is 166 g/mol. The Morgan fingerprint density at radius 2 is 2.45 bits per heavy atom. The number of carboxylic acids is 1. The first kappa shape index (κ1) is 8.30. The van der Waals surface area contributed by atoms with Crippen LogP contribution in [0.4, 0.5) is 0 Å². The molecular formula is C7H8ClNO2. The number of rotatable bonds is 1. The lowest BCUT2D eigenvalue weighted by atomic mass is 10.0. The minimum atomic E-state index is -1.03. The molecule has 11 heavy (non-hydrogen) atoms. The summed E-state index contributed by atoms with van der Waals surface area (Å²) < 4.78 is 0. The first-order valence-corrected chi connectivity index (χ1v) is 3.48. The van der Waals surface area contributed by atoms with Crippen LogP contribution in [0.5, 0.6) is 0 Å². The molecule has 0 aromatic carbocycles. The largest absolute Gasteiger partial charge is 0.478 e. The van der Waals surface area contributed by atoms with Gasteiger partial charge in [-0.15, -0.1) is 0 Å². The lowest BCUT2D eigenvalue weighted by Gasteiger charge is -2.20. The van der Waals surface area contributed by atoms with E-state index < -0.39 is 11.0 Å². The molecule has 60 valence electrons. The van der Waals surface area contributed by atoms with E-state index in [1.807, 2.05) is 0 Å². The van der Waals surface area contributed by atoms with Crippen molar-refractivity contribution in [3.05, 3.63) is 23.8 Å². The minimum Gasteiger partial charge on any atom is -0.478 e. The van der Waals surface area contributed by atoms with E-state index in [-0.39, 0.29) is 12.0 Å². The maximum atomic E-state index is 10.4. The molecule has 1 aliphatic carbocycles. The molecule has 1 aliphatic rings. The van der Waals surface area contributed by atoms with E-state index in [1.165, 1.54) is 6.08 Å². The van der Waals surface area contributed by atoms with Gasteiger partial charge in [0.05, 0.1) is 0 Å². The Morgan fingerprint density at radius 1 is 1.82 bits per heavy atom. The lowest BCUT2D eigenvalue weighted by molar-refractivity contribution is -0.132. The van der Waals surface area contributed by atoms with Crippen molar-refractivity contribution in [2.24, 2.45) is 5.73 Å². The van der Waals surface area contributed by atoms with Crippen molar-refractivity contribution in [2.75, 3.05) is 0 Å². The molecule has 0 radical (unpaired) electrons. The van der Waals surface area contributed by atoms with E-state index >= 15 is 0 Å². The minimum absolute atomic E-state index is 0.167. The predicted molar refractivity (Wildman–Crippen MR) is 42.2 cm³/mol. The quantitative estimate of drug-likeness (QED) is 0.457. The van der Waals surface area contributed by atoms with Gasteiger partial charge in [-0.25, -0.2) is 4.79 Å². The number of carbonyl (C=O) groups is 1. The van der Waals surface area contributed by atoms with Gasteiger partial charge in [0.1, 0.15) is 5.00 Å². The van der Waals surface area contributed by atoms with Crippen molar-refractivity contribution in [2.45, 2.75) is 11.4 Å². The standard InChI is InChI=1S/C7H8ClNO2/c8-7(9)3-1-2-5(4-7)6(10)11/h1-3H,4,9H2,(H,10,11). The molecule has 0 aromatic heterocycles. The highest BCUT2D eigenvalue weighted by Gasteiger charge is 2.24. The van der Waals surface area contributed by atoms with Gasteiger partial charge >= 0.3 is 5.97 Å². The fourth-order valence-corrected chi connectivity index (χ4v) is 1.10. The van der Waals surface area contributed by atoms with E-state index in [0.29, 0.717) is 0 Å². The van der Waals surface area contributed by atoms with E-state index in [9.17, 15) is 4.79 Å². The second kappa shape index (κ2) is 2.68. The molecule has 4 heteroatoms. The molecule has 0 aromatic rings. The van der Waals surface area contributed by atoms with E-state index in [0.717, 1.165) is 0 Å². The van der Waals surface area contributed by atoms with Gasteiger partial charge in [0.2, 0.25) is 0 Å². The summed E-state index contributed by atoms with van der Waals surface area (Å²) in [5.74, 6) is -0.968. The molecule has 0 aliphatic heterocycles. The second-order valence-electron chi connectivity index (χ2n) is 2.46. The molecule has 0 fully saturated rings. The summed E-state index contributed by atoms with van der Waals surface area (Å²) in [5, 5.41) is 8.55. The normalized spacial score (nSPS) is 29.8. The van der Waals surface area contributed by atoms with Gasteiger partial charge in [0, 0.05) is 12.0 Å². The number of halogens is 1. The Kier molecular flexibility index (Phi) is 2.02. The van der Waals surface area contributed by atoms with Crippen molar-refractivity contribution >= 4 is 17.6 Å². The zero-order chi connectivity index (χ0) is 8.48. The van der Waals surface area contributed by atoms with Crippen molar-refractivity contribution in [1.29, 1.82) is 0 Å². The number of carboxylic acid groups (broad SMARTS) is 1. The Labute approximate surface area is 69.1 Å². The third kappa shape index (κ3) is 2.06. The van der Waals surface area contributed by atoms with Crippen LogP contribution < -0.4 is 5.73 Å². The first-order valence-electron chi connectivity index (χ1n) is 3.11. The van der Waals surface area contributed by atoms with Crippen molar-refractivity contribution < 1.29 is 9.90 Å². The van der Waals surface area contributed by atoms with Crippen LogP contribution in [-0.4, -0.2) is 16.1 Å². The number of hydrogen-bond donors (Lipinski definition) is 2. The van der Waals surface area contributed by atoms with E-state index in [2.05, 4.69) is 0 Å². The molecule has 3 N–H and O–H groups in total. The van der Waals surface area contributed by atoms with Gasteiger partial charge in [-0.3, -0.25) is 0 Å². The number of nitrogens with two attached hydrogens (primary N) is 1. The summed E-state index contributed by atoms with van der Waals surface area (Å²) in [6, 6.07) is 0. The van der Waals surface area contributed by atoms with E-state index in [4.69, 9.17) is 22.4 Å². The Morgan fingerprint density at radius 3 is 2.82 bits per heavy atom. The SMILES string of the molecule is NC1(Cl)C=CC=C(C(=O)O)C1. The Balaban J connectivity index is 2.81. The number of allylic oxidation sites excluding steroid dienone is 2. The molecule has 0 heterocycles. The predicted octanol–water partition coefficient (Wildman–Crippen LogP) is 0.851. The van der Waals surface area contributed by atoms with Gasteiger partial charge in [0.25, 0.3) is 0 Å². The van der Waals surface area contributed by atoms with Gasteiger partial charge in [-0.1, -0.05) is 23.8 Å². The molecule has 1 atom stereocenters. The summed E-state index contributed by atoms with van der Waals surface area (Å²) in [7, 11) is 0. The fraction of sp³-hybridized carbons (Fsp3) is 0.286. The fourth-order valence-electron chi connectivity index (χ4n) is 0.881. The highest BCUT2D eigenvalue weighted by Crippen LogP contribution is 2.24. The second-order valence-corrected chi connectivity index (χ2v) is 3.16. The molecule has 0 amide bonds. The summed E-state index contributed by atoms with van der Waals surface area (Å²) in [5.41, 5.74) is 5.72. The topological polar surface area (TPSA) is 63.3 Å². The molecule has 1 rings (SSSR count). The maximum absolute atomic E-state index is 10.4.